The maximum Gasteiger partial charge on any atom is 0.302 e. The van der Waals surface area contributed by atoms with Crippen LogP contribution in [0.4, 0.5) is 0 Å². The molecule has 2 N–H and O–H groups in total. The Morgan fingerprint density at radius 1 is 1.10 bits per heavy atom. The molecule has 1 saturated heterocycles. The summed E-state index contributed by atoms with van der Waals surface area (Å²) in [4.78, 5) is 13.9. The van der Waals surface area contributed by atoms with E-state index in [2.05, 4.69) is 16.6 Å². The average Bonchev–Trinajstić information content (AvgIpc) is 2.52. The van der Waals surface area contributed by atoms with Crippen molar-refractivity contribution in [3.63, 3.8) is 0 Å². The first-order valence-electron chi connectivity index (χ1n) is 6.91. The molecule has 1 aromatic heterocycles. The topological polar surface area (TPSA) is 89.2 Å². The van der Waals surface area contributed by atoms with Gasteiger partial charge in [-0.1, -0.05) is 19.4 Å². The minimum absolute atomic E-state index is 0. The summed E-state index contributed by atoms with van der Waals surface area (Å²) in [6, 6.07) is 5.72. The van der Waals surface area contributed by atoms with Crippen LogP contribution < -0.4 is 0 Å². The summed E-state index contributed by atoms with van der Waals surface area (Å²) in [5, 5.41) is 0. The van der Waals surface area contributed by atoms with Gasteiger partial charge < -0.3 is 19.7 Å². The highest BCUT2D eigenvalue weighted by Crippen LogP contribution is 1.87. The van der Waals surface area contributed by atoms with Crippen molar-refractivity contribution < 1.29 is 24.5 Å². The third-order valence-corrected chi connectivity index (χ3v) is 2.11. The number of unbranched alkanes of at least 4 members (excludes halogenated alkanes) is 1. The predicted octanol–water partition coefficient (Wildman–Crippen LogP) is 1.64. The van der Waals surface area contributed by atoms with Gasteiger partial charge in [0.05, 0.1) is 33.0 Å². The standard InChI is InChI=1S/C6H12O2.C5H5N.C4H8O2.H2O/c1-3-4-5-8-6(2)7;1-2-4-6-5-3-1;1-2-6-4-3-5-1;/h3-5H2,1-2H3;1-5H;1-4H2;1H2. The molecule has 0 bridgehead atoms. The van der Waals surface area contributed by atoms with Crippen LogP contribution in [0, 0.1) is 0 Å². The van der Waals surface area contributed by atoms with Crippen molar-refractivity contribution in [2.24, 2.45) is 0 Å². The van der Waals surface area contributed by atoms with Gasteiger partial charge in [-0.2, -0.15) is 0 Å². The third kappa shape index (κ3) is 21.0. The molecule has 6 nitrogen and oxygen atoms in total. The fourth-order valence-corrected chi connectivity index (χ4v) is 1.11. The largest absolute Gasteiger partial charge is 0.466 e. The predicted molar refractivity (Wildman–Crippen MR) is 81.0 cm³/mol. The van der Waals surface area contributed by atoms with Crippen molar-refractivity contribution in [3.8, 4) is 0 Å². The number of pyridine rings is 1. The zero-order valence-electron chi connectivity index (χ0n) is 12.9. The molecule has 0 radical (unpaired) electrons. The Morgan fingerprint density at radius 3 is 1.86 bits per heavy atom. The maximum atomic E-state index is 10.1. The molecule has 0 amide bonds. The number of carbonyl (C=O) groups excluding carboxylic acids is 1. The van der Waals surface area contributed by atoms with Crippen molar-refractivity contribution in [2.75, 3.05) is 33.0 Å². The van der Waals surface area contributed by atoms with E-state index >= 15 is 0 Å². The monoisotopic (exact) mass is 301 g/mol. The summed E-state index contributed by atoms with van der Waals surface area (Å²) in [7, 11) is 0. The Morgan fingerprint density at radius 2 is 1.62 bits per heavy atom. The SMILES string of the molecule is C1COCCO1.CCCCOC(C)=O.O.c1ccncc1. The fraction of sp³-hybridized carbons (Fsp3) is 0.600. The molecule has 6 heteroatoms. The number of aromatic nitrogens is 1. The van der Waals surface area contributed by atoms with Gasteiger partial charge in [0.1, 0.15) is 0 Å². The van der Waals surface area contributed by atoms with Gasteiger partial charge in [-0.15, -0.1) is 0 Å². The average molecular weight is 301 g/mol. The van der Waals surface area contributed by atoms with Gasteiger partial charge in [-0.25, -0.2) is 0 Å². The van der Waals surface area contributed by atoms with Gasteiger partial charge in [0.25, 0.3) is 0 Å². The first-order valence-corrected chi connectivity index (χ1v) is 6.91. The molecule has 122 valence electrons. The van der Waals surface area contributed by atoms with E-state index in [0.29, 0.717) is 6.61 Å². The van der Waals surface area contributed by atoms with Crippen LogP contribution >= 0.6 is 0 Å². The molecule has 0 saturated carbocycles. The third-order valence-electron chi connectivity index (χ3n) is 2.11. The van der Waals surface area contributed by atoms with E-state index in [0.717, 1.165) is 39.3 Å². The van der Waals surface area contributed by atoms with E-state index in [1.54, 1.807) is 12.4 Å². The van der Waals surface area contributed by atoms with E-state index in [1.807, 2.05) is 18.2 Å². The molecule has 0 aromatic carbocycles. The van der Waals surface area contributed by atoms with E-state index in [1.165, 1.54) is 6.92 Å². The summed E-state index contributed by atoms with van der Waals surface area (Å²) in [5.41, 5.74) is 0. The minimum Gasteiger partial charge on any atom is -0.466 e. The van der Waals surface area contributed by atoms with E-state index in [-0.39, 0.29) is 11.4 Å². The van der Waals surface area contributed by atoms with Crippen LogP contribution in [-0.4, -0.2) is 49.5 Å². The molecule has 1 aliphatic heterocycles. The number of hydrogen-bond donors (Lipinski definition) is 0. The molecular weight excluding hydrogens is 274 g/mol. The molecule has 0 unspecified atom stereocenters. The van der Waals surface area contributed by atoms with E-state index in [4.69, 9.17) is 9.47 Å². The lowest BCUT2D eigenvalue weighted by Crippen LogP contribution is -2.16. The van der Waals surface area contributed by atoms with Gasteiger partial charge in [0, 0.05) is 19.3 Å². The molecule has 0 aliphatic carbocycles. The summed E-state index contributed by atoms with van der Waals surface area (Å²) in [6.45, 7) is 7.17. The molecular formula is C15H27NO5. The minimum atomic E-state index is -0.182. The summed E-state index contributed by atoms with van der Waals surface area (Å²) < 4.78 is 14.5. The molecule has 2 heterocycles. The maximum absolute atomic E-state index is 10.1. The van der Waals surface area contributed by atoms with Crippen molar-refractivity contribution in [1.29, 1.82) is 0 Å². The second-order valence-electron chi connectivity index (χ2n) is 3.94. The number of carbonyl (C=O) groups is 1. The van der Waals surface area contributed by atoms with E-state index in [9.17, 15) is 4.79 Å². The zero-order valence-corrected chi connectivity index (χ0v) is 12.9. The molecule has 1 fully saturated rings. The number of ether oxygens (including phenoxy) is 3. The number of esters is 1. The van der Waals surface area contributed by atoms with Crippen LogP contribution in [0.5, 0.6) is 0 Å². The lowest BCUT2D eigenvalue weighted by atomic mass is 10.4. The molecule has 2 rings (SSSR count). The lowest BCUT2D eigenvalue weighted by molar-refractivity contribution is -0.141. The van der Waals surface area contributed by atoms with Crippen LogP contribution in [0.15, 0.2) is 30.6 Å². The van der Waals surface area contributed by atoms with Gasteiger partial charge in [-0.05, 0) is 18.6 Å². The number of nitrogens with zero attached hydrogens (tertiary/aromatic N) is 1. The van der Waals surface area contributed by atoms with Crippen molar-refractivity contribution in [1.82, 2.24) is 4.98 Å². The molecule has 1 aliphatic rings. The highest BCUT2D eigenvalue weighted by atomic mass is 16.6. The van der Waals surface area contributed by atoms with Crippen LogP contribution in [0.25, 0.3) is 0 Å². The van der Waals surface area contributed by atoms with Crippen molar-refractivity contribution >= 4 is 5.97 Å². The highest BCUT2D eigenvalue weighted by molar-refractivity contribution is 5.65. The van der Waals surface area contributed by atoms with Gasteiger partial charge in [0.2, 0.25) is 0 Å². The quantitative estimate of drug-likeness (QED) is 0.625. The van der Waals surface area contributed by atoms with E-state index < -0.39 is 0 Å². The second-order valence-corrected chi connectivity index (χ2v) is 3.94. The normalized spacial score (nSPS) is 12.5. The summed E-state index contributed by atoms with van der Waals surface area (Å²) in [6.07, 6.45) is 5.55. The Balaban J connectivity index is 0. The second kappa shape index (κ2) is 18.5. The fourth-order valence-electron chi connectivity index (χ4n) is 1.11. The zero-order chi connectivity index (χ0) is 14.9. The van der Waals surface area contributed by atoms with Crippen LogP contribution in [0.2, 0.25) is 0 Å². The van der Waals surface area contributed by atoms with Crippen molar-refractivity contribution in [3.05, 3.63) is 30.6 Å². The smallest absolute Gasteiger partial charge is 0.302 e. The van der Waals surface area contributed by atoms with Crippen LogP contribution in [0.1, 0.15) is 26.7 Å². The summed E-state index contributed by atoms with van der Waals surface area (Å²) in [5.74, 6) is -0.182. The summed E-state index contributed by atoms with van der Waals surface area (Å²) >= 11 is 0. The van der Waals surface area contributed by atoms with Crippen molar-refractivity contribution in [2.45, 2.75) is 26.7 Å². The van der Waals surface area contributed by atoms with Gasteiger partial charge >= 0.3 is 5.97 Å². The highest BCUT2D eigenvalue weighted by Gasteiger charge is 1.94. The first kappa shape index (κ1) is 21.8. The molecule has 21 heavy (non-hydrogen) atoms. The number of hydrogen-bond acceptors (Lipinski definition) is 5. The number of rotatable bonds is 3. The molecule has 0 spiro atoms. The molecule has 0 atom stereocenters. The Labute approximate surface area is 126 Å². The Bertz CT molecular complexity index is 266. The first-order chi connectivity index (χ1) is 9.77. The van der Waals surface area contributed by atoms with Crippen LogP contribution in [-0.2, 0) is 19.0 Å². The molecule has 1 aromatic rings. The van der Waals surface area contributed by atoms with Crippen LogP contribution in [0.3, 0.4) is 0 Å². The Hall–Kier alpha value is -1.50. The lowest BCUT2D eigenvalue weighted by Gasteiger charge is -2.09. The van der Waals surface area contributed by atoms with Gasteiger partial charge in [0.15, 0.2) is 0 Å². The Kier molecular flexibility index (Phi) is 19.2. The van der Waals surface area contributed by atoms with Gasteiger partial charge in [-0.3, -0.25) is 9.78 Å².